The summed E-state index contributed by atoms with van der Waals surface area (Å²) in [5.74, 6) is 0. The van der Waals surface area contributed by atoms with Gasteiger partial charge in [0.05, 0.1) is 4.90 Å². The molecule has 0 heterocycles. The number of nitrogen functional groups attached to an aromatic ring is 1. The predicted octanol–water partition coefficient (Wildman–Crippen LogP) is 2.70. The van der Waals surface area contributed by atoms with Crippen LogP contribution >= 0.6 is 0 Å². The maximum Gasteiger partial charge on any atom is 0.243 e. The summed E-state index contributed by atoms with van der Waals surface area (Å²) in [6.07, 6.45) is 5.67. The Hall–Kier alpha value is -1.33. The number of sulfonamides is 1. The van der Waals surface area contributed by atoms with Gasteiger partial charge in [-0.05, 0) is 37.5 Å². The van der Waals surface area contributed by atoms with Gasteiger partial charge in [0.1, 0.15) is 0 Å². The first-order valence-electron chi connectivity index (χ1n) is 6.95. The molecule has 0 aliphatic heterocycles. The van der Waals surface area contributed by atoms with Crippen molar-refractivity contribution in [3.8, 4) is 0 Å². The lowest BCUT2D eigenvalue weighted by molar-refractivity contribution is 0.347. The number of nitrogens with two attached hydrogens (primary N) is 1. The van der Waals surface area contributed by atoms with Crippen LogP contribution in [0.25, 0.3) is 0 Å². The number of aryl methyl sites for hydroxylation is 1. The first-order valence-corrected chi connectivity index (χ1v) is 8.39. The molecule has 0 bridgehead atoms. The molecule has 1 fully saturated rings. The molecule has 4 nitrogen and oxygen atoms in total. The first kappa shape index (κ1) is 15.1. The smallest absolute Gasteiger partial charge is 0.243 e. The van der Waals surface area contributed by atoms with Crippen LogP contribution in [0.2, 0.25) is 0 Å². The van der Waals surface area contributed by atoms with E-state index >= 15 is 0 Å². The van der Waals surface area contributed by atoms with Crippen LogP contribution in [0.1, 0.15) is 31.2 Å². The minimum absolute atomic E-state index is 0.0823. The Morgan fingerprint density at radius 1 is 1.40 bits per heavy atom. The second kappa shape index (κ2) is 5.97. The molecule has 0 saturated heterocycles. The molecule has 2 rings (SSSR count). The number of hydrogen-bond donors (Lipinski definition) is 1. The molecule has 1 aromatic carbocycles. The zero-order valence-electron chi connectivity index (χ0n) is 11.9. The van der Waals surface area contributed by atoms with Crippen LogP contribution in [0.4, 0.5) is 5.69 Å². The molecule has 1 aliphatic rings. The van der Waals surface area contributed by atoms with Crippen molar-refractivity contribution in [1.29, 1.82) is 0 Å². The average Bonchev–Trinajstić information content (AvgIpc) is 2.92. The summed E-state index contributed by atoms with van der Waals surface area (Å²) in [6.45, 7) is 5.84. The molecule has 0 unspecified atom stereocenters. The molecule has 2 N–H and O–H groups in total. The van der Waals surface area contributed by atoms with E-state index in [1.807, 2.05) is 0 Å². The lowest BCUT2D eigenvalue weighted by Crippen LogP contribution is -2.39. The molecule has 5 heteroatoms. The summed E-state index contributed by atoms with van der Waals surface area (Å²) >= 11 is 0. The fourth-order valence-corrected chi connectivity index (χ4v) is 4.70. The summed E-state index contributed by atoms with van der Waals surface area (Å²) < 4.78 is 27.4. The molecule has 0 aromatic heterocycles. The van der Waals surface area contributed by atoms with E-state index in [-0.39, 0.29) is 6.04 Å². The quantitative estimate of drug-likeness (QED) is 0.671. The standard InChI is InChI=1S/C15H22N2O2S/c1-3-10-17(14-6-4-5-7-14)20(18,19)15-11-13(16)9-8-12(15)2/h3,8-9,11,14H,1,4-7,10,16H2,2H3. The van der Waals surface area contributed by atoms with Crippen molar-refractivity contribution in [2.24, 2.45) is 0 Å². The highest BCUT2D eigenvalue weighted by Crippen LogP contribution is 2.30. The Balaban J connectivity index is 2.44. The van der Waals surface area contributed by atoms with Gasteiger partial charge >= 0.3 is 0 Å². The molecule has 20 heavy (non-hydrogen) atoms. The van der Waals surface area contributed by atoms with Gasteiger partial charge < -0.3 is 5.73 Å². The molecular formula is C15H22N2O2S. The lowest BCUT2D eigenvalue weighted by atomic mass is 10.2. The zero-order valence-corrected chi connectivity index (χ0v) is 12.7. The Bertz CT molecular complexity index is 590. The third-order valence-corrected chi connectivity index (χ3v) is 5.90. The maximum atomic E-state index is 12.9. The van der Waals surface area contributed by atoms with E-state index in [2.05, 4.69) is 6.58 Å². The SMILES string of the molecule is C=CCN(C1CCCC1)S(=O)(=O)c1cc(N)ccc1C. The van der Waals surface area contributed by atoms with Gasteiger partial charge in [-0.1, -0.05) is 25.0 Å². The molecule has 0 radical (unpaired) electrons. The maximum absolute atomic E-state index is 12.9. The zero-order chi connectivity index (χ0) is 14.8. The molecule has 1 saturated carbocycles. The summed E-state index contributed by atoms with van der Waals surface area (Å²) in [6, 6.07) is 5.11. The topological polar surface area (TPSA) is 63.4 Å². The van der Waals surface area contributed by atoms with Gasteiger partial charge in [0.2, 0.25) is 10.0 Å². The van der Waals surface area contributed by atoms with E-state index in [9.17, 15) is 8.42 Å². The molecule has 0 amide bonds. The van der Waals surface area contributed by atoms with Gasteiger partial charge in [-0.3, -0.25) is 0 Å². The third kappa shape index (κ3) is 2.88. The van der Waals surface area contributed by atoms with E-state index in [4.69, 9.17) is 5.73 Å². The van der Waals surface area contributed by atoms with Crippen LogP contribution in [-0.2, 0) is 10.0 Å². The van der Waals surface area contributed by atoms with Crippen LogP contribution in [-0.4, -0.2) is 25.3 Å². The fourth-order valence-electron chi connectivity index (χ4n) is 2.78. The normalized spacial score (nSPS) is 16.7. The number of benzene rings is 1. The monoisotopic (exact) mass is 294 g/mol. The molecule has 110 valence electrons. The van der Waals surface area contributed by atoms with E-state index < -0.39 is 10.0 Å². The Morgan fingerprint density at radius 3 is 2.65 bits per heavy atom. The summed E-state index contributed by atoms with van der Waals surface area (Å²) in [5.41, 5.74) is 6.95. The van der Waals surface area contributed by atoms with Gasteiger partial charge in [-0.2, -0.15) is 4.31 Å². The summed E-state index contributed by atoms with van der Waals surface area (Å²) in [7, 11) is -3.52. The van der Waals surface area contributed by atoms with Crippen molar-refractivity contribution < 1.29 is 8.42 Å². The predicted molar refractivity (Wildman–Crippen MR) is 81.9 cm³/mol. The molecule has 0 spiro atoms. The van der Waals surface area contributed by atoms with Gasteiger partial charge in [0.15, 0.2) is 0 Å². The Kier molecular flexibility index (Phi) is 4.50. The van der Waals surface area contributed by atoms with Crippen LogP contribution in [0.3, 0.4) is 0 Å². The number of nitrogens with zero attached hydrogens (tertiary/aromatic N) is 1. The van der Waals surface area contributed by atoms with Crippen molar-refractivity contribution in [1.82, 2.24) is 4.31 Å². The molecule has 1 aromatic rings. The average molecular weight is 294 g/mol. The van der Waals surface area contributed by atoms with Crippen molar-refractivity contribution >= 4 is 15.7 Å². The number of rotatable bonds is 5. The van der Waals surface area contributed by atoms with E-state index in [1.54, 1.807) is 35.5 Å². The first-order chi connectivity index (χ1) is 9.46. The fraction of sp³-hybridized carbons (Fsp3) is 0.467. The highest BCUT2D eigenvalue weighted by atomic mass is 32.2. The van der Waals surface area contributed by atoms with Crippen molar-refractivity contribution in [3.05, 3.63) is 36.4 Å². The van der Waals surface area contributed by atoms with Crippen LogP contribution in [0.5, 0.6) is 0 Å². The second-order valence-electron chi connectivity index (χ2n) is 5.33. The minimum Gasteiger partial charge on any atom is -0.399 e. The Morgan fingerprint density at radius 2 is 2.05 bits per heavy atom. The highest BCUT2D eigenvalue weighted by molar-refractivity contribution is 7.89. The van der Waals surface area contributed by atoms with Crippen molar-refractivity contribution in [2.45, 2.75) is 43.5 Å². The molecular weight excluding hydrogens is 272 g/mol. The summed E-state index contributed by atoms with van der Waals surface area (Å²) in [5, 5.41) is 0. The van der Waals surface area contributed by atoms with Gasteiger partial charge in [-0.25, -0.2) is 8.42 Å². The van der Waals surface area contributed by atoms with Crippen LogP contribution in [0, 0.1) is 6.92 Å². The number of hydrogen-bond acceptors (Lipinski definition) is 3. The third-order valence-electron chi connectivity index (χ3n) is 3.84. The number of anilines is 1. The van der Waals surface area contributed by atoms with Crippen molar-refractivity contribution in [3.63, 3.8) is 0 Å². The summed E-state index contributed by atoms with van der Waals surface area (Å²) in [4.78, 5) is 0.311. The van der Waals surface area contributed by atoms with E-state index in [1.165, 1.54) is 0 Å². The highest BCUT2D eigenvalue weighted by Gasteiger charge is 2.33. The van der Waals surface area contributed by atoms with Gasteiger partial charge in [-0.15, -0.1) is 6.58 Å². The van der Waals surface area contributed by atoms with Gasteiger partial charge in [0.25, 0.3) is 0 Å². The molecule has 1 aliphatic carbocycles. The van der Waals surface area contributed by atoms with Crippen LogP contribution < -0.4 is 5.73 Å². The Labute approximate surface area is 121 Å². The van der Waals surface area contributed by atoms with Gasteiger partial charge in [0, 0.05) is 18.3 Å². The minimum atomic E-state index is -3.52. The largest absolute Gasteiger partial charge is 0.399 e. The lowest BCUT2D eigenvalue weighted by Gasteiger charge is -2.27. The van der Waals surface area contributed by atoms with E-state index in [0.717, 1.165) is 31.2 Å². The second-order valence-corrected chi connectivity index (χ2v) is 7.19. The molecule has 0 atom stereocenters. The van der Waals surface area contributed by atoms with E-state index in [0.29, 0.717) is 17.1 Å². The van der Waals surface area contributed by atoms with Crippen molar-refractivity contribution in [2.75, 3.05) is 12.3 Å². The van der Waals surface area contributed by atoms with Crippen LogP contribution in [0.15, 0.2) is 35.7 Å².